The van der Waals surface area contributed by atoms with Crippen LogP contribution in [0.4, 0.5) is 0 Å². The lowest BCUT2D eigenvalue weighted by Gasteiger charge is -2.10. The lowest BCUT2D eigenvalue weighted by atomic mass is 10.1. The second-order valence-corrected chi connectivity index (χ2v) is 2.62. The van der Waals surface area contributed by atoms with Crippen LogP contribution >= 0.6 is 0 Å². The highest BCUT2D eigenvalue weighted by atomic mass is 16.3. The number of rotatable bonds is 4. The lowest BCUT2D eigenvalue weighted by Crippen LogP contribution is -2.12. The van der Waals surface area contributed by atoms with Crippen LogP contribution in [0, 0.1) is 12.3 Å². The lowest BCUT2D eigenvalue weighted by molar-refractivity contribution is 0.160. The van der Waals surface area contributed by atoms with Gasteiger partial charge >= 0.3 is 0 Å². The molecule has 2 nitrogen and oxygen atoms in total. The third-order valence-electron chi connectivity index (χ3n) is 1.47. The first-order valence-corrected chi connectivity index (χ1v) is 3.55. The highest BCUT2D eigenvalue weighted by Gasteiger charge is 2.06. The van der Waals surface area contributed by atoms with E-state index >= 15 is 0 Å². The first-order valence-electron chi connectivity index (χ1n) is 3.55. The Hall–Kier alpha value is -0.780. The van der Waals surface area contributed by atoms with E-state index < -0.39 is 12.2 Å². The minimum Gasteiger partial charge on any atom is -0.389 e. The van der Waals surface area contributed by atoms with Crippen LogP contribution in [0.2, 0.25) is 0 Å². The fraction of sp³-hybridized carbons (Fsp3) is 0.556. The molecule has 0 aliphatic rings. The fourth-order valence-corrected chi connectivity index (χ4v) is 0.645. The van der Waals surface area contributed by atoms with E-state index in [-0.39, 0.29) is 0 Å². The molecule has 2 N–H and O–H groups in total. The zero-order chi connectivity index (χ0) is 8.85. The van der Waals surface area contributed by atoms with Gasteiger partial charge in [-0.05, 0) is 19.8 Å². The molecular formula is C9H14O2. The molecule has 0 aromatic carbocycles. The number of aliphatic hydroxyl groups excluding tert-OH is 2. The summed E-state index contributed by atoms with van der Waals surface area (Å²) in [5, 5.41) is 18.1. The molecule has 0 spiro atoms. The summed E-state index contributed by atoms with van der Waals surface area (Å²) in [6, 6.07) is 0. The maximum atomic E-state index is 9.19. The molecule has 2 atom stereocenters. The van der Waals surface area contributed by atoms with Gasteiger partial charge in [0, 0.05) is 0 Å². The zero-order valence-corrected chi connectivity index (χ0v) is 6.75. The number of hydrogen-bond donors (Lipinski definition) is 2. The Balaban J connectivity index is 3.55. The molecule has 0 amide bonds. The summed E-state index contributed by atoms with van der Waals surface area (Å²) in [5.74, 6) is 2.17. The van der Waals surface area contributed by atoms with Crippen LogP contribution in [0.25, 0.3) is 0 Å². The van der Waals surface area contributed by atoms with Crippen LogP contribution in [-0.4, -0.2) is 22.4 Å². The van der Waals surface area contributed by atoms with Crippen molar-refractivity contribution in [3.8, 4) is 12.3 Å². The molecule has 0 bridgehead atoms. The van der Waals surface area contributed by atoms with Crippen LogP contribution in [0.5, 0.6) is 0 Å². The third kappa shape index (κ3) is 4.60. The smallest absolute Gasteiger partial charge is 0.114 e. The average Bonchev–Trinajstić information content (AvgIpc) is 1.99. The second kappa shape index (κ2) is 4.95. The predicted octanol–water partition coefficient (Wildman–Crippen LogP) is 0.698. The molecule has 0 aromatic rings. The zero-order valence-electron chi connectivity index (χ0n) is 6.75. The molecule has 0 aliphatic carbocycles. The first kappa shape index (κ1) is 10.2. The van der Waals surface area contributed by atoms with Gasteiger partial charge in [0.05, 0.1) is 6.10 Å². The standard InChI is InChI=1S/C9H14O2/c1-4-8(10)5-6-9(11)7(2)3/h1,8-11H,2,5-6H2,3H3. The Kier molecular flexibility index (Phi) is 4.60. The highest BCUT2D eigenvalue weighted by molar-refractivity contribution is 4.99. The van der Waals surface area contributed by atoms with E-state index in [1.54, 1.807) is 6.92 Å². The Morgan fingerprint density at radius 2 is 2.09 bits per heavy atom. The second-order valence-electron chi connectivity index (χ2n) is 2.62. The van der Waals surface area contributed by atoms with Crippen molar-refractivity contribution < 1.29 is 10.2 Å². The molecule has 11 heavy (non-hydrogen) atoms. The van der Waals surface area contributed by atoms with Gasteiger partial charge in [-0.3, -0.25) is 0 Å². The summed E-state index contributed by atoms with van der Waals surface area (Å²) in [4.78, 5) is 0. The van der Waals surface area contributed by atoms with Gasteiger partial charge in [-0.1, -0.05) is 18.1 Å². The van der Waals surface area contributed by atoms with E-state index in [9.17, 15) is 5.11 Å². The summed E-state index contributed by atoms with van der Waals surface area (Å²) in [6.45, 7) is 5.32. The monoisotopic (exact) mass is 154 g/mol. The molecule has 0 aromatic heterocycles. The Morgan fingerprint density at radius 1 is 1.55 bits per heavy atom. The largest absolute Gasteiger partial charge is 0.389 e. The van der Waals surface area contributed by atoms with Crippen molar-refractivity contribution >= 4 is 0 Å². The van der Waals surface area contributed by atoms with Crippen molar-refractivity contribution in [2.24, 2.45) is 0 Å². The van der Waals surface area contributed by atoms with Crippen molar-refractivity contribution in [2.45, 2.75) is 32.0 Å². The van der Waals surface area contributed by atoms with Gasteiger partial charge in [0.15, 0.2) is 0 Å². The maximum absolute atomic E-state index is 9.19. The molecule has 62 valence electrons. The first-order chi connectivity index (χ1) is 5.07. The van der Waals surface area contributed by atoms with Gasteiger partial charge in [-0.2, -0.15) is 0 Å². The van der Waals surface area contributed by atoms with Crippen molar-refractivity contribution in [3.63, 3.8) is 0 Å². The molecule has 0 radical (unpaired) electrons. The predicted molar refractivity (Wildman–Crippen MR) is 44.9 cm³/mol. The summed E-state index contributed by atoms with van der Waals surface area (Å²) < 4.78 is 0. The van der Waals surface area contributed by atoms with Crippen molar-refractivity contribution in [2.75, 3.05) is 0 Å². The van der Waals surface area contributed by atoms with Crippen LogP contribution in [-0.2, 0) is 0 Å². The van der Waals surface area contributed by atoms with E-state index in [0.717, 1.165) is 0 Å². The molecule has 0 heterocycles. The van der Waals surface area contributed by atoms with E-state index in [1.165, 1.54) is 0 Å². The van der Waals surface area contributed by atoms with Gasteiger partial charge in [0.2, 0.25) is 0 Å². The minimum atomic E-state index is -0.746. The normalized spacial score (nSPS) is 15.1. The molecular weight excluding hydrogens is 140 g/mol. The molecule has 0 saturated heterocycles. The Morgan fingerprint density at radius 3 is 2.45 bits per heavy atom. The van der Waals surface area contributed by atoms with Crippen molar-refractivity contribution in [3.05, 3.63) is 12.2 Å². The topological polar surface area (TPSA) is 40.5 Å². The summed E-state index contributed by atoms with van der Waals surface area (Å²) >= 11 is 0. The van der Waals surface area contributed by atoms with Gasteiger partial charge < -0.3 is 10.2 Å². The molecule has 0 aliphatic heterocycles. The van der Waals surface area contributed by atoms with Crippen LogP contribution < -0.4 is 0 Å². The van der Waals surface area contributed by atoms with E-state index in [0.29, 0.717) is 18.4 Å². The van der Waals surface area contributed by atoms with Gasteiger partial charge in [-0.15, -0.1) is 6.42 Å². The Labute approximate surface area is 67.6 Å². The van der Waals surface area contributed by atoms with E-state index in [1.807, 2.05) is 0 Å². The van der Waals surface area contributed by atoms with Crippen LogP contribution in [0.1, 0.15) is 19.8 Å². The summed E-state index contributed by atoms with van der Waals surface area (Å²) in [5.41, 5.74) is 0.703. The van der Waals surface area contributed by atoms with E-state index in [2.05, 4.69) is 12.5 Å². The number of hydrogen-bond acceptors (Lipinski definition) is 2. The molecule has 2 unspecified atom stereocenters. The van der Waals surface area contributed by atoms with Gasteiger partial charge in [0.1, 0.15) is 6.10 Å². The van der Waals surface area contributed by atoms with Crippen LogP contribution in [0.3, 0.4) is 0 Å². The summed E-state index contributed by atoms with van der Waals surface area (Å²) in [6.07, 6.45) is 4.53. The maximum Gasteiger partial charge on any atom is 0.114 e. The fourth-order valence-electron chi connectivity index (χ4n) is 0.645. The van der Waals surface area contributed by atoms with Crippen LogP contribution in [0.15, 0.2) is 12.2 Å². The quantitative estimate of drug-likeness (QED) is 0.462. The molecule has 2 heteroatoms. The molecule has 0 saturated carbocycles. The minimum absolute atomic E-state index is 0.421. The number of terminal acetylenes is 1. The molecule has 0 fully saturated rings. The van der Waals surface area contributed by atoms with E-state index in [4.69, 9.17) is 11.5 Å². The third-order valence-corrected chi connectivity index (χ3v) is 1.47. The van der Waals surface area contributed by atoms with Crippen molar-refractivity contribution in [1.82, 2.24) is 0 Å². The molecule has 0 rings (SSSR count). The van der Waals surface area contributed by atoms with Gasteiger partial charge in [0.25, 0.3) is 0 Å². The van der Waals surface area contributed by atoms with Crippen molar-refractivity contribution in [1.29, 1.82) is 0 Å². The average molecular weight is 154 g/mol. The van der Waals surface area contributed by atoms with Gasteiger partial charge in [-0.25, -0.2) is 0 Å². The Bertz CT molecular complexity index is 167. The number of aliphatic hydroxyl groups is 2. The highest BCUT2D eigenvalue weighted by Crippen LogP contribution is 2.07. The SMILES string of the molecule is C#CC(O)CCC(O)C(=C)C. The summed E-state index contributed by atoms with van der Waals surface area (Å²) in [7, 11) is 0.